The summed E-state index contributed by atoms with van der Waals surface area (Å²) in [6.07, 6.45) is 0.167. The molecule has 1 atom stereocenters. The number of nitrogens with one attached hydrogen (secondary N) is 1. The first kappa shape index (κ1) is 20.6. The second-order valence-corrected chi connectivity index (χ2v) is 8.20. The first-order valence-electron chi connectivity index (χ1n) is 9.66. The Balaban J connectivity index is 1.62. The molecule has 1 amide bonds. The van der Waals surface area contributed by atoms with Crippen LogP contribution in [0.15, 0.2) is 74.4 Å². The number of rotatable bonds is 5. The van der Waals surface area contributed by atoms with E-state index in [1.165, 1.54) is 6.07 Å². The highest BCUT2D eigenvalue weighted by Crippen LogP contribution is 2.37. The average molecular weight is 430 g/mol. The first-order chi connectivity index (χ1) is 15.0. The summed E-state index contributed by atoms with van der Waals surface area (Å²) in [5.41, 5.74) is 1.97. The molecule has 0 saturated carbocycles. The lowest BCUT2D eigenvalue weighted by atomic mass is 9.85. The highest BCUT2D eigenvalue weighted by Gasteiger charge is 2.30. The van der Waals surface area contributed by atoms with Crippen LogP contribution < -0.4 is 10.9 Å². The van der Waals surface area contributed by atoms with Crippen molar-refractivity contribution in [1.82, 2.24) is 5.32 Å². The van der Waals surface area contributed by atoms with E-state index >= 15 is 0 Å². The Labute approximate surface area is 182 Å². The number of hydrogen-bond acceptors (Lipinski definition) is 6. The minimum atomic E-state index is -0.704. The highest BCUT2D eigenvalue weighted by molar-refractivity contribution is 8.03. The standard InChI is InChI=1S/C24H18N2O4S/c1-14-6-2-4-8-16(14)17-11-22(28)26-23(19(17)12-25)31-13-20(27)18-10-15-7-3-5-9-21(15)30-24(18)29/h2-10,17H,11,13H2,1H3,(H,26,28). The van der Waals surface area contributed by atoms with Crippen molar-refractivity contribution >= 4 is 34.4 Å². The number of hydrogen-bond donors (Lipinski definition) is 1. The van der Waals surface area contributed by atoms with Crippen molar-refractivity contribution in [2.24, 2.45) is 0 Å². The molecule has 3 aromatic rings. The Morgan fingerprint density at radius 3 is 2.71 bits per heavy atom. The Morgan fingerprint density at radius 2 is 1.94 bits per heavy atom. The number of para-hydroxylation sites is 1. The van der Waals surface area contributed by atoms with Crippen molar-refractivity contribution in [3.63, 3.8) is 0 Å². The number of nitriles is 1. The summed E-state index contributed by atoms with van der Waals surface area (Å²) in [7, 11) is 0. The molecule has 1 aliphatic heterocycles. The fourth-order valence-corrected chi connectivity index (χ4v) is 4.61. The van der Waals surface area contributed by atoms with Gasteiger partial charge in [0.1, 0.15) is 11.1 Å². The fourth-order valence-electron chi connectivity index (χ4n) is 3.65. The number of aryl methyl sites for hydroxylation is 1. The van der Waals surface area contributed by atoms with Crippen LogP contribution in [-0.2, 0) is 4.79 Å². The van der Waals surface area contributed by atoms with Crippen LogP contribution in [0.2, 0.25) is 0 Å². The van der Waals surface area contributed by atoms with E-state index in [1.54, 1.807) is 24.3 Å². The van der Waals surface area contributed by atoms with Gasteiger partial charge in [-0.2, -0.15) is 5.26 Å². The lowest BCUT2D eigenvalue weighted by molar-refractivity contribution is -0.120. The molecule has 0 radical (unpaired) electrons. The van der Waals surface area contributed by atoms with Crippen molar-refractivity contribution in [2.45, 2.75) is 19.3 Å². The Kier molecular flexibility index (Phi) is 5.74. The van der Waals surface area contributed by atoms with Crippen LogP contribution in [0.3, 0.4) is 0 Å². The first-order valence-corrected chi connectivity index (χ1v) is 10.6. The summed E-state index contributed by atoms with van der Waals surface area (Å²) in [4.78, 5) is 37.3. The lowest BCUT2D eigenvalue weighted by Gasteiger charge is -2.26. The van der Waals surface area contributed by atoms with Crippen LogP contribution in [-0.4, -0.2) is 17.4 Å². The highest BCUT2D eigenvalue weighted by atomic mass is 32.2. The third-order valence-corrected chi connectivity index (χ3v) is 6.23. The molecule has 0 fully saturated rings. The fraction of sp³-hybridized carbons (Fsp3) is 0.167. The van der Waals surface area contributed by atoms with Crippen LogP contribution in [0.4, 0.5) is 0 Å². The second-order valence-electron chi connectivity index (χ2n) is 7.21. The number of ketones is 1. The average Bonchev–Trinajstić information content (AvgIpc) is 2.77. The smallest absolute Gasteiger partial charge is 0.347 e. The quantitative estimate of drug-likeness (QED) is 0.484. The number of carbonyl (C=O) groups is 2. The van der Waals surface area contributed by atoms with Gasteiger partial charge in [-0.25, -0.2) is 4.79 Å². The van der Waals surface area contributed by atoms with E-state index < -0.39 is 11.4 Å². The molecule has 1 N–H and O–H groups in total. The third kappa shape index (κ3) is 4.16. The van der Waals surface area contributed by atoms with Crippen molar-refractivity contribution in [3.8, 4) is 6.07 Å². The van der Waals surface area contributed by atoms with Crippen molar-refractivity contribution in [1.29, 1.82) is 5.26 Å². The van der Waals surface area contributed by atoms with E-state index in [0.717, 1.165) is 22.9 Å². The second kappa shape index (κ2) is 8.62. The minimum absolute atomic E-state index is 0.0529. The molecule has 0 saturated heterocycles. The van der Waals surface area contributed by atoms with E-state index in [1.807, 2.05) is 31.2 Å². The number of allylic oxidation sites excluding steroid dienone is 1. The van der Waals surface area contributed by atoms with Crippen LogP contribution >= 0.6 is 11.8 Å². The van der Waals surface area contributed by atoms with Gasteiger partial charge in [-0.15, -0.1) is 0 Å². The van der Waals surface area contributed by atoms with Gasteiger partial charge in [0, 0.05) is 17.7 Å². The van der Waals surface area contributed by atoms with Gasteiger partial charge in [-0.3, -0.25) is 9.59 Å². The van der Waals surface area contributed by atoms with Crippen molar-refractivity contribution in [2.75, 3.05) is 5.75 Å². The molecule has 7 heteroatoms. The number of nitrogens with zero attached hydrogens (tertiary/aromatic N) is 1. The van der Waals surface area contributed by atoms with E-state index in [9.17, 15) is 19.6 Å². The summed E-state index contributed by atoms with van der Waals surface area (Å²) < 4.78 is 5.23. The number of amides is 1. The van der Waals surface area contributed by atoms with E-state index in [0.29, 0.717) is 21.6 Å². The monoisotopic (exact) mass is 430 g/mol. The van der Waals surface area contributed by atoms with Gasteiger partial charge < -0.3 is 9.73 Å². The van der Waals surface area contributed by atoms with Gasteiger partial charge >= 0.3 is 5.63 Å². The number of Topliss-reactive ketones (excluding diaryl/α,β-unsaturated/α-hetero) is 1. The molecule has 154 valence electrons. The molecular formula is C24H18N2O4S. The van der Waals surface area contributed by atoms with E-state index in [2.05, 4.69) is 11.4 Å². The molecule has 1 aromatic heterocycles. The van der Waals surface area contributed by atoms with E-state index in [-0.39, 0.29) is 29.6 Å². The van der Waals surface area contributed by atoms with Crippen LogP contribution in [0.25, 0.3) is 11.0 Å². The number of fused-ring (bicyclic) bond motifs is 1. The van der Waals surface area contributed by atoms with Gasteiger partial charge in [0.15, 0.2) is 5.78 Å². The Morgan fingerprint density at radius 1 is 1.19 bits per heavy atom. The van der Waals surface area contributed by atoms with Crippen molar-refractivity contribution in [3.05, 3.63) is 92.3 Å². The lowest BCUT2D eigenvalue weighted by Crippen LogP contribution is -2.31. The topological polar surface area (TPSA) is 100 Å². The van der Waals surface area contributed by atoms with Crippen LogP contribution in [0, 0.1) is 18.3 Å². The van der Waals surface area contributed by atoms with Gasteiger partial charge in [0.05, 0.1) is 22.4 Å². The molecule has 6 nitrogen and oxygen atoms in total. The maximum absolute atomic E-state index is 12.7. The largest absolute Gasteiger partial charge is 0.422 e. The molecule has 2 aromatic carbocycles. The van der Waals surface area contributed by atoms with Gasteiger partial charge in [0.2, 0.25) is 5.91 Å². The summed E-state index contributed by atoms with van der Waals surface area (Å²) in [6.45, 7) is 1.94. The van der Waals surface area contributed by atoms with Crippen LogP contribution in [0.1, 0.15) is 33.8 Å². The third-order valence-electron chi connectivity index (χ3n) is 5.21. The number of benzene rings is 2. The molecule has 0 aliphatic carbocycles. The predicted octanol–water partition coefficient (Wildman–Crippen LogP) is 4.06. The van der Waals surface area contributed by atoms with Crippen molar-refractivity contribution < 1.29 is 14.0 Å². The summed E-state index contributed by atoms with van der Waals surface area (Å²) in [5, 5.41) is 13.5. The number of thioether (sulfide) groups is 1. The van der Waals surface area contributed by atoms with Gasteiger partial charge in [-0.05, 0) is 30.2 Å². The maximum atomic E-state index is 12.7. The SMILES string of the molecule is Cc1ccccc1C1CC(=O)NC(SCC(=O)c2cc3ccccc3oc2=O)=C1C#N. The Hall–Kier alpha value is -3.63. The predicted molar refractivity (Wildman–Crippen MR) is 119 cm³/mol. The molecule has 2 heterocycles. The number of carbonyl (C=O) groups excluding carboxylic acids is 2. The zero-order chi connectivity index (χ0) is 22.0. The molecule has 31 heavy (non-hydrogen) atoms. The van der Waals surface area contributed by atoms with Gasteiger partial charge in [0.25, 0.3) is 0 Å². The van der Waals surface area contributed by atoms with Gasteiger partial charge in [-0.1, -0.05) is 54.2 Å². The molecule has 1 unspecified atom stereocenters. The zero-order valence-corrected chi connectivity index (χ0v) is 17.5. The normalized spacial score (nSPS) is 16.1. The summed E-state index contributed by atoms with van der Waals surface area (Å²) in [5.74, 6) is -1.12. The molecule has 1 aliphatic rings. The van der Waals surface area contributed by atoms with Crippen LogP contribution in [0.5, 0.6) is 0 Å². The molecule has 4 rings (SSSR count). The molecule has 0 bridgehead atoms. The summed E-state index contributed by atoms with van der Waals surface area (Å²) >= 11 is 1.05. The molecule has 0 spiro atoms. The van der Waals surface area contributed by atoms with E-state index in [4.69, 9.17) is 4.42 Å². The minimum Gasteiger partial charge on any atom is -0.422 e. The molecular weight excluding hydrogens is 412 g/mol. The zero-order valence-electron chi connectivity index (χ0n) is 16.7. The Bertz CT molecular complexity index is 1330. The summed E-state index contributed by atoms with van der Waals surface area (Å²) in [6, 6.07) is 18.3. The maximum Gasteiger partial charge on any atom is 0.347 e.